The molecule has 68 valence electrons. The lowest BCUT2D eigenvalue weighted by molar-refractivity contribution is -0.127. The van der Waals surface area contributed by atoms with Crippen LogP contribution < -0.4 is 5.32 Å². The summed E-state index contributed by atoms with van der Waals surface area (Å²) in [5, 5.41) is 2.76. The van der Waals surface area contributed by atoms with E-state index in [1.54, 1.807) is 0 Å². The zero-order valence-electron chi connectivity index (χ0n) is 7.64. The van der Waals surface area contributed by atoms with Crippen LogP contribution in [-0.2, 0) is 9.59 Å². The average molecular weight is 169 g/mol. The van der Waals surface area contributed by atoms with E-state index in [1.165, 1.54) is 19.8 Å². The van der Waals surface area contributed by atoms with Crippen molar-refractivity contribution in [2.24, 2.45) is 5.41 Å². The molecule has 0 bridgehead atoms. The molecule has 1 saturated carbocycles. The van der Waals surface area contributed by atoms with Crippen molar-refractivity contribution in [2.45, 2.75) is 33.1 Å². The van der Waals surface area contributed by atoms with Crippen molar-refractivity contribution in [3.05, 3.63) is 0 Å². The van der Waals surface area contributed by atoms with E-state index in [0.717, 1.165) is 6.54 Å². The number of amides is 1. The Bertz CT molecular complexity index is 207. The van der Waals surface area contributed by atoms with Crippen LogP contribution in [0.15, 0.2) is 0 Å². The molecule has 0 aromatic rings. The van der Waals surface area contributed by atoms with Gasteiger partial charge in [-0.3, -0.25) is 9.59 Å². The van der Waals surface area contributed by atoms with Gasteiger partial charge in [0.1, 0.15) is 5.78 Å². The first-order chi connectivity index (χ1) is 5.52. The van der Waals surface area contributed by atoms with E-state index in [4.69, 9.17) is 0 Å². The van der Waals surface area contributed by atoms with Crippen molar-refractivity contribution in [1.29, 1.82) is 0 Å². The Labute approximate surface area is 72.5 Å². The molecule has 0 aromatic heterocycles. The van der Waals surface area contributed by atoms with Crippen molar-refractivity contribution in [1.82, 2.24) is 5.32 Å². The first-order valence-corrected chi connectivity index (χ1v) is 4.28. The highest BCUT2D eigenvalue weighted by atomic mass is 16.2. The third-order valence-corrected chi connectivity index (χ3v) is 2.23. The second-order valence-corrected chi connectivity index (χ2v) is 3.97. The van der Waals surface area contributed by atoms with Gasteiger partial charge in [0.05, 0.1) is 6.42 Å². The zero-order chi connectivity index (χ0) is 9.19. The Hall–Kier alpha value is -0.860. The highest BCUT2D eigenvalue weighted by Gasteiger charge is 2.37. The minimum Gasteiger partial charge on any atom is -0.355 e. The molecule has 0 unspecified atom stereocenters. The fourth-order valence-corrected chi connectivity index (χ4v) is 0.991. The molecule has 0 radical (unpaired) electrons. The maximum atomic E-state index is 11.0. The molecule has 12 heavy (non-hydrogen) atoms. The summed E-state index contributed by atoms with van der Waals surface area (Å²) in [6.45, 7) is 4.29. The predicted octanol–water partition coefficient (Wildman–Crippen LogP) is 0.882. The molecule has 3 heteroatoms. The summed E-state index contributed by atoms with van der Waals surface area (Å²) >= 11 is 0. The minimum atomic E-state index is -0.143. The van der Waals surface area contributed by atoms with Gasteiger partial charge < -0.3 is 5.32 Å². The summed E-state index contributed by atoms with van der Waals surface area (Å²) in [6, 6.07) is 0. The molecular weight excluding hydrogens is 154 g/mol. The van der Waals surface area contributed by atoms with Gasteiger partial charge in [0.15, 0.2) is 0 Å². The normalized spacial score (nSPS) is 18.5. The Morgan fingerprint density at radius 2 is 2.00 bits per heavy atom. The summed E-state index contributed by atoms with van der Waals surface area (Å²) in [5.74, 6) is -0.218. The predicted molar refractivity (Wildman–Crippen MR) is 45.6 cm³/mol. The van der Waals surface area contributed by atoms with E-state index in [2.05, 4.69) is 12.2 Å². The Kier molecular flexibility index (Phi) is 2.50. The van der Waals surface area contributed by atoms with E-state index >= 15 is 0 Å². The van der Waals surface area contributed by atoms with Crippen LogP contribution >= 0.6 is 0 Å². The van der Waals surface area contributed by atoms with Gasteiger partial charge in [-0.1, -0.05) is 6.92 Å². The molecule has 1 N–H and O–H groups in total. The number of ketones is 1. The van der Waals surface area contributed by atoms with Crippen LogP contribution in [0.3, 0.4) is 0 Å². The second-order valence-electron chi connectivity index (χ2n) is 3.97. The van der Waals surface area contributed by atoms with Crippen molar-refractivity contribution < 1.29 is 9.59 Å². The number of nitrogens with one attached hydrogen (secondary N) is 1. The van der Waals surface area contributed by atoms with Crippen molar-refractivity contribution in [2.75, 3.05) is 6.54 Å². The molecular formula is C9H15NO2. The molecule has 0 saturated heterocycles. The molecule has 0 atom stereocenters. The van der Waals surface area contributed by atoms with Crippen LogP contribution in [0.1, 0.15) is 33.1 Å². The Balaban J connectivity index is 2.14. The van der Waals surface area contributed by atoms with Gasteiger partial charge in [-0.2, -0.15) is 0 Å². The molecule has 1 amide bonds. The van der Waals surface area contributed by atoms with Gasteiger partial charge in [0, 0.05) is 6.54 Å². The third-order valence-electron chi connectivity index (χ3n) is 2.23. The fourth-order valence-electron chi connectivity index (χ4n) is 0.991. The van der Waals surface area contributed by atoms with E-state index in [-0.39, 0.29) is 18.1 Å². The quantitative estimate of drug-likeness (QED) is 0.635. The van der Waals surface area contributed by atoms with Crippen LogP contribution in [0, 0.1) is 5.41 Å². The Morgan fingerprint density at radius 1 is 1.42 bits per heavy atom. The molecule has 1 fully saturated rings. The highest BCUT2D eigenvalue weighted by molar-refractivity contribution is 5.96. The van der Waals surface area contributed by atoms with Gasteiger partial charge in [0.2, 0.25) is 5.91 Å². The lowest BCUT2D eigenvalue weighted by atomic mass is 10.1. The lowest BCUT2D eigenvalue weighted by Crippen LogP contribution is -2.30. The largest absolute Gasteiger partial charge is 0.355 e. The number of Topliss-reactive ketones (excluding diaryl/α,β-unsaturated/α-hetero) is 1. The van der Waals surface area contributed by atoms with Crippen LogP contribution in [0.5, 0.6) is 0 Å². The summed E-state index contributed by atoms with van der Waals surface area (Å²) < 4.78 is 0. The first kappa shape index (κ1) is 9.23. The maximum Gasteiger partial charge on any atom is 0.227 e. The maximum absolute atomic E-state index is 11.0. The molecule has 1 aliphatic carbocycles. The van der Waals surface area contributed by atoms with Crippen molar-refractivity contribution in [3.63, 3.8) is 0 Å². The van der Waals surface area contributed by atoms with Gasteiger partial charge in [-0.05, 0) is 25.2 Å². The average Bonchev–Trinajstić information content (AvgIpc) is 2.64. The van der Waals surface area contributed by atoms with Gasteiger partial charge in [0.25, 0.3) is 0 Å². The van der Waals surface area contributed by atoms with Gasteiger partial charge >= 0.3 is 0 Å². The van der Waals surface area contributed by atoms with Crippen LogP contribution in [-0.4, -0.2) is 18.2 Å². The van der Waals surface area contributed by atoms with Crippen molar-refractivity contribution >= 4 is 11.7 Å². The molecule has 0 spiro atoms. The highest BCUT2D eigenvalue weighted by Crippen LogP contribution is 2.43. The summed E-state index contributed by atoms with van der Waals surface area (Å²) in [6.07, 6.45) is 2.40. The molecule has 0 aliphatic heterocycles. The summed E-state index contributed by atoms with van der Waals surface area (Å²) in [7, 11) is 0. The molecule has 0 heterocycles. The van der Waals surface area contributed by atoms with Crippen LogP contribution in [0.25, 0.3) is 0 Å². The van der Waals surface area contributed by atoms with E-state index in [9.17, 15) is 9.59 Å². The van der Waals surface area contributed by atoms with Gasteiger partial charge in [-0.15, -0.1) is 0 Å². The van der Waals surface area contributed by atoms with E-state index < -0.39 is 0 Å². The molecule has 1 rings (SSSR count). The summed E-state index contributed by atoms with van der Waals surface area (Å²) in [4.78, 5) is 21.5. The van der Waals surface area contributed by atoms with Crippen molar-refractivity contribution in [3.8, 4) is 0 Å². The monoisotopic (exact) mass is 169 g/mol. The SMILES string of the molecule is CC(=O)CC(=O)NCC1(C)CC1. The third kappa shape index (κ3) is 3.03. The molecule has 0 aromatic carbocycles. The molecule has 1 aliphatic rings. The number of carbonyl (C=O) groups excluding carboxylic acids is 2. The summed E-state index contributed by atoms with van der Waals surface area (Å²) in [5.41, 5.74) is 0.326. The number of carbonyl (C=O) groups is 2. The number of hydrogen-bond acceptors (Lipinski definition) is 2. The first-order valence-electron chi connectivity index (χ1n) is 4.28. The fraction of sp³-hybridized carbons (Fsp3) is 0.778. The molecule has 3 nitrogen and oxygen atoms in total. The standard InChI is InChI=1S/C9H15NO2/c1-7(11)5-8(12)10-6-9(2)3-4-9/h3-6H2,1-2H3,(H,10,12). The lowest BCUT2D eigenvalue weighted by Gasteiger charge is -2.08. The Morgan fingerprint density at radius 3 is 2.42 bits per heavy atom. The minimum absolute atomic E-state index is 0.0239. The van der Waals surface area contributed by atoms with Crippen LogP contribution in [0.2, 0.25) is 0 Å². The number of rotatable bonds is 4. The second kappa shape index (κ2) is 3.25. The number of hydrogen-bond donors (Lipinski definition) is 1. The zero-order valence-corrected chi connectivity index (χ0v) is 7.64. The van der Waals surface area contributed by atoms with E-state index in [1.807, 2.05) is 0 Å². The van der Waals surface area contributed by atoms with Crippen LogP contribution in [0.4, 0.5) is 0 Å². The van der Waals surface area contributed by atoms with E-state index in [0.29, 0.717) is 5.41 Å². The van der Waals surface area contributed by atoms with Gasteiger partial charge in [-0.25, -0.2) is 0 Å². The smallest absolute Gasteiger partial charge is 0.227 e. The topological polar surface area (TPSA) is 46.2 Å².